The predicted molar refractivity (Wildman–Crippen MR) is 72.8 cm³/mol. The van der Waals surface area contributed by atoms with Crippen LogP contribution in [0.2, 0.25) is 0 Å². The van der Waals surface area contributed by atoms with Crippen LogP contribution in [0, 0.1) is 6.92 Å². The number of hydrogen-bond donors (Lipinski definition) is 1. The number of aryl methyl sites for hydroxylation is 1. The van der Waals surface area contributed by atoms with E-state index in [1.54, 1.807) is 17.5 Å². The van der Waals surface area contributed by atoms with Gasteiger partial charge in [-0.15, -0.1) is 11.3 Å². The number of aromatic nitrogens is 2. The first-order valence-electron chi connectivity index (χ1n) is 5.88. The average Bonchev–Trinajstić information content (AvgIpc) is 2.74. The Kier molecular flexibility index (Phi) is 4.28. The van der Waals surface area contributed by atoms with Crippen molar-refractivity contribution >= 4 is 11.3 Å². The maximum absolute atomic E-state index is 5.72. The van der Waals surface area contributed by atoms with Crippen LogP contribution in [0.15, 0.2) is 23.7 Å². The molecule has 1 unspecified atom stereocenters. The Bertz CT molecular complexity index is 493. The minimum Gasteiger partial charge on any atom is -0.485 e. The molecule has 0 aliphatic carbocycles. The molecule has 96 valence electrons. The number of rotatable bonds is 5. The normalized spacial score (nSPS) is 12.4. The summed E-state index contributed by atoms with van der Waals surface area (Å²) in [4.78, 5) is 8.65. The van der Waals surface area contributed by atoms with E-state index in [2.05, 4.69) is 9.97 Å². The monoisotopic (exact) mass is 263 g/mol. The summed E-state index contributed by atoms with van der Waals surface area (Å²) in [6, 6.07) is 4.00. The zero-order chi connectivity index (χ0) is 13.0. The fraction of sp³-hybridized carbons (Fsp3) is 0.385. The third-order valence-electron chi connectivity index (χ3n) is 2.36. The summed E-state index contributed by atoms with van der Waals surface area (Å²) in [6.07, 6.45) is 2.52. The van der Waals surface area contributed by atoms with Gasteiger partial charge in [-0.05, 0) is 26.0 Å². The molecule has 2 heterocycles. The first kappa shape index (κ1) is 13.0. The fourth-order valence-electron chi connectivity index (χ4n) is 1.56. The zero-order valence-electron chi connectivity index (χ0n) is 10.6. The van der Waals surface area contributed by atoms with Crippen molar-refractivity contribution in [2.75, 3.05) is 0 Å². The number of pyridine rings is 1. The van der Waals surface area contributed by atoms with E-state index in [1.165, 1.54) is 0 Å². The zero-order valence-corrected chi connectivity index (χ0v) is 11.4. The van der Waals surface area contributed by atoms with E-state index in [0.717, 1.165) is 28.6 Å². The van der Waals surface area contributed by atoms with Crippen LogP contribution in [0.25, 0.3) is 0 Å². The van der Waals surface area contributed by atoms with Crippen LogP contribution in [0.1, 0.15) is 23.3 Å². The maximum atomic E-state index is 5.72. The van der Waals surface area contributed by atoms with Crippen LogP contribution >= 0.6 is 11.3 Å². The summed E-state index contributed by atoms with van der Waals surface area (Å²) in [6.45, 7) is 4.44. The molecule has 1 atom stereocenters. The summed E-state index contributed by atoms with van der Waals surface area (Å²) in [5, 5.41) is 3.00. The highest BCUT2D eigenvalue weighted by Gasteiger charge is 2.02. The lowest BCUT2D eigenvalue weighted by molar-refractivity contribution is 0.304. The number of nitrogens with two attached hydrogens (primary N) is 1. The summed E-state index contributed by atoms with van der Waals surface area (Å²) < 4.78 is 5.62. The van der Waals surface area contributed by atoms with E-state index in [1.807, 2.05) is 31.4 Å². The SMILES string of the molecule is Cc1csc(COc2ccc(CC(C)N)nc2)n1. The standard InChI is InChI=1S/C13H17N3OS/c1-9(14)5-11-3-4-12(6-15-11)17-7-13-16-10(2)8-18-13/h3-4,6,8-9H,5,7,14H2,1-2H3. The first-order chi connectivity index (χ1) is 8.63. The smallest absolute Gasteiger partial charge is 0.140 e. The van der Waals surface area contributed by atoms with Crippen molar-refractivity contribution in [1.82, 2.24) is 9.97 Å². The van der Waals surface area contributed by atoms with Crippen molar-refractivity contribution in [2.45, 2.75) is 32.9 Å². The topological polar surface area (TPSA) is 61.0 Å². The van der Waals surface area contributed by atoms with E-state index in [-0.39, 0.29) is 6.04 Å². The van der Waals surface area contributed by atoms with Crippen molar-refractivity contribution < 1.29 is 4.74 Å². The molecule has 2 N–H and O–H groups in total. The summed E-state index contributed by atoms with van der Waals surface area (Å²) >= 11 is 1.61. The lowest BCUT2D eigenvalue weighted by Gasteiger charge is -2.06. The molecule has 0 saturated heterocycles. The van der Waals surface area contributed by atoms with Crippen molar-refractivity contribution in [3.8, 4) is 5.75 Å². The molecule has 2 aromatic rings. The number of hydrogen-bond acceptors (Lipinski definition) is 5. The molecule has 0 aliphatic heterocycles. The third kappa shape index (κ3) is 3.78. The molecular weight excluding hydrogens is 246 g/mol. The van der Waals surface area contributed by atoms with Gasteiger partial charge in [0.1, 0.15) is 17.4 Å². The van der Waals surface area contributed by atoms with E-state index in [0.29, 0.717) is 6.61 Å². The molecule has 0 spiro atoms. The van der Waals surface area contributed by atoms with Crippen LogP contribution in [-0.2, 0) is 13.0 Å². The van der Waals surface area contributed by atoms with Crippen LogP contribution in [0.4, 0.5) is 0 Å². The second-order valence-corrected chi connectivity index (χ2v) is 5.28. The van der Waals surface area contributed by atoms with Crippen LogP contribution in [-0.4, -0.2) is 16.0 Å². The van der Waals surface area contributed by atoms with Gasteiger partial charge >= 0.3 is 0 Å². The summed E-state index contributed by atoms with van der Waals surface area (Å²) in [5.41, 5.74) is 7.74. The summed E-state index contributed by atoms with van der Waals surface area (Å²) in [5.74, 6) is 0.760. The molecule has 0 aliphatic rings. The highest BCUT2D eigenvalue weighted by atomic mass is 32.1. The van der Waals surface area contributed by atoms with Gasteiger partial charge in [0, 0.05) is 29.2 Å². The quantitative estimate of drug-likeness (QED) is 0.899. The Morgan fingerprint density at radius 1 is 1.44 bits per heavy atom. The van der Waals surface area contributed by atoms with Crippen LogP contribution in [0.5, 0.6) is 5.75 Å². The molecule has 5 heteroatoms. The Labute approximate surface area is 111 Å². The lowest BCUT2D eigenvalue weighted by atomic mass is 10.2. The molecule has 0 fully saturated rings. The first-order valence-corrected chi connectivity index (χ1v) is 6.76. The van der Waals surface area contributed by atoms with Gasteiger partial charge in [0.15, 0.2) is 0 Å². The molecule has 0 radical (unpaired) electrons. The second kappa shape index (κ2) is 5.93. The van der Waals surface area contributed by atoms with Gasteiger partial charge in [0.2, 0.25) is 0 Å². The molecule has 0 amide bonds. The summed E-state index contributed by atoms with van der Waals surface area (Å²) in [7, 11) is 0. The van der Waals surface area contributed by atoms with Crippen molar-refractivity contribution in [1.29, 1.82) is 0 Å². The molecular formula is C13H17N3OS. The van der Waals surface area contributed by atoms with Crippen LogP contribution in [0.3, 0.4) is 0 Å². The van der Waals surface area contributed by atoms with Gasteiger partial charge in [-0.3, -0.25) is 4.98 Å². The highest BCUT2D eigenvalue weighted by Crippen LogP contribution is 2.14. The molecule has 18 heavy (non-hydrogen) atoms. The Balaban J connectivity index is 1.90. The van der Waals surface area contributed by atoms with Gasteiger partial charge in [-0.25, -0.2) is 4.98 Å². The van der Waals surface area contributed by atoms with Crippen LogP contribution < -0.4 is 10.5 Å². The number of ether oxygens (including phenoxy) is 1. The Morgan fingerprint density at radius 2 is 2.28 bits per heavy atom. The van der Waals surface area contributed by atoms with Gasteiger partial charge < -0.3 is 10.5 Å². The van der Waals surface area contributed by atoms with Crippen molar-refractivity contribution in [3.05, 3.63) is 40.1 Å². The van der Waals surface area contributed by atoms with Gasteiger partial charge in [-0.1, -0.05) is 0 Å². The molecule has 0 saturated carbocycles. The average molecular weight is 263 g/mol. The van der Waals surface area contributed by atoms with E-state index in [9.17, 15) is 0 Å². The van der Waals surface area contributed by atoms with Gasteiger partial charge in [0.25, 0.3) is 0 Å². The predicted octanol–water partition coefficient (Wildman–Crippen LogP) is 2.32. The Morgan fingerprint density at radius 3 is 2.83 bits per heavy atom. The van der Waals surface area contributed by atoms with E-state index in [4.69, 9.17) is 10.5 Å². The maximum Gasteiger partial charge on any atom is 0.140 e. The molecule has 2 rings (SSSR count). The minimum atomic E-state index is 0.127. The molecule has 2 aromatic heterocycles. The van der Waals surface area contributed by atoms with Crippen molar-refractivity contribution in [3.63, 3.8) is 0 Å². The third-order valence-corrected chi connectivity index (χ3v) is 3.30. The van der Waals surface area contributed by atoms with Gasteiger partial charge in [0.05, 0.1) is 6.20 Å². The fourth-order valence-corrected chi connectivity index (χ4v) is 2.24. The highest BCUT2D eigenvalue weighted by molar-refractivity contribution is 7.09. The minimum absolute atomic E-state index is 0.127. The van der Waals surface area contributed by atoms with E-state index >= 15 is 0 Å². The molecule has 4 nitrogen and oxygen atoms in total. The molecule has 0 aromatic carbocycles. The number of thiazole rings is 1. The molecule has 0 bridgehead atoms. The largest absolute Gasteiger partial charge is 0.485 e. The van der Waals surface area contributed by atoms with E-state index < -0.39 is 0 Å². The number of nitrogens with zero attached hydrogens (tertiary/aromatic N) is 2. The van der Waals surface area contributed by atoms with Gasteiger partial charge in [-0.2, -0.15) is 0 Å². The lowest BCUT2D eigenvalue weighted by Crippen LogP contribution is -2.18. The van der Waals surface area contributed by atoms with Crippen molar-refractivity contribution in [2.24, 2.45) is 5.73 Å². The Hall–Kier alpha value is -1.46. The second-order valence-electron chi connectivity index (χ2n) is 4.34.